The maximum Gasteiger partial charge on any atom is 0.193 e. The molecule has 0 aliphatic carbocycles. The van der Waals surface area contributed by atoms with Crippen molar-refractivity contribution in [1.82, 2.24) is 15.1 Å². The first kappa shape index (κ1) is 23.1. The number of halogens is 2. The Balaban J connectivity index is 0.00000338. The van der Waals surface area contributed by atoms with Crippen LogP contribution in [0.25, 0.3) is 0 Å². The second kappa shape index (κ2) is 12.5. The van der Waals surface area contributed by atoms with Crippen LogP contribution < -0.4 is 5.32 Å². The average Bonchev–Trinajstić information content (AvgIpc) is 2.61. The molecule has 26 heavy (non-hydrogen) atoms. The van der Waals surface area contributed by atoms with Gasteiger partial charge in [-0.15, -0.1) is 24.0 Å². The van der Waals surface area contributed by atoms with Crippen LogP contribution in [0.15, 0.2) is 29.3 Å². The van der Waals surface area contributed by atoms with E-state index in [0.29, 0.717) is 12.5 Å². The van der Waals surface area contributed by atoms with Crippen LogP contribution in [0.2, 0.25) is 0 Å². The van der Waals surface area contributed by atoms with Crippen molar-refractivity contribution in [2.75, 3.05) is 53.0 Å². The van der Waals surface area contributed by atoms with Crippen molar-refractivity contribution in [2.24, 2.45) is 10.9 Å². The van der Waals surface area contributed by atoms with E-state index in [1.54, 1.807) is 0 Å². The van der Waals surface area contributed by atoms with Crippen LogP contribution in [0.5, 0.6) is 0 Å². The van der Waals surface area contributed by atoms with Crippen molar-refractivity contribution >= 4 is 29.9 Å². The molecule has 0 radical (unpaired) electrons. The Morgan fingerprint density at radius 1 is 1.31 bits per heavy atom. The average molecular weight is 478 g/mol. The molecule has 2 rings (SSSR count). The molecule has 0 aromatic heterocycles. The van der Waals surface area contributed by atoms with E-state index in [4.69, 9.17) is 9.73 Å². The molecule has 1 N–H and O–H groups in total. The third-order valence-electron chi connectivity index (χ3n) is 4.26. The molecular formula is C19H32FIN4O. The number of rotatable bonds is 7. The number of hydrogen-bond donors (Lipinski definition) is 1. The fourth-order valence-electron chi connectivity index (χ4n) is 2.93. The van der Waals surface area contributed by atoms with Crippen LogP contribution in [0.3, 0.4) is 0 Å². The second-order valence-corrected chi connectivity index (χ2v) is 6.70. The van der Waals surface area contributed by atoms with E-state index in [9.17, 15) is 4.39 Å². The lowest BCUT2D eigenvalue weighted by atomic mass is 10.1. The minimum absolute atomic E-state index is 0. The smallest absolute Gasteiger partial charge is 0.193 e. The highest BCUT2D eigenvalue weighted by Gasteiger charge is 2.14. The monoisotopic (exact) mass is 478 g/mol. The summed E-state index contributed by atoms with van der Waals surface area (Å²) in [6, 6.07) is 6.63. The molecule has 1 aromatic carbocycles. The Morgan fingerprint density at radius 3 is 2.58 bits per heavy atom. The zero-order valence-electron chi connectivity index (χ0n) is 16.1. The van der Waals surface area contributed by atoms with Gasteiger partial charge in [-0.05, 0) is 30.5 Å². The van der Waals surface area contributed by atoms with Crippen LogP contribution >= 0.6 is 24.0 Å². The fraction of sp³-hybridized carbons (Fsp3) is 0.632. The maximum absolute atomic E-state index is 13.0. The van der Waals surface area contributed by atoms with Crippen LogP contribution in [0.1, 0.15) is 19.4 Å². The summed E-state index contributed by atoms with van der Waals surface area (Å²) >= 11 is 0. The topological polar surface area (TPSA) is 40.1 Å². The Bertz CT molecular complexity index is 535. The number of nitrogens with zero attached hydrogens (tertiary/aromatic N) is 3. The lowest BCUT2D eigenvalue weighted by Crippen LogP contribution is -2.40. The molecule has 148 valence electrons. The third-order valence-corrected chi connectivity index (χ3v) is 4.26. The molecule has 1 fully saturated rings. The van der Waals surface area contributed by atoms with Crippen molar-refractivity contribution in [1.29, 1.82) is 0 Å². The molecule has 1 saturated heterocycles. The Hall–Kier alpha value is -0.930. The standard InChI is InChI=1S/C19H31FN4O.HI/c1-4-21-19(23(3)15-17-5-7-18(20)8-6-17)22-13-16(2)14-24-9-11-25-12-10-24;/h5-8,16H,4,9-15H2,1-3H3,(H,21,22);1H. The van der Waals surface area contributed by atoms with E-state index in [-0.39, 0.29) is 29.8 Å². The van der Waals surface area contributed by atoms with Gasteiger partial charge in [-0.1, -0.05) is 19.1 Å². The number of nitrogens with one attached hydrogen (secondary N) is 1. The highest BCUT2D eigenvalue weighted by Crippen LogP contribution is 2.07. The fourth-order valence-corrected chi connectivity index (χ4v) is 2.93. The molecule has 7 heteroatoms. The molecule has 0 bridgehead atoms. The van der Waals surface area contributed by atoms with Gasteiger partial charge in [-0.3, -0.25) is 9.89 Å². The van der Waals surface area contributed by atoms with Gasteiger partial charge in [0.2, 0.25) is 0 Å². The van der Waals surface area contributed by atoms with E-state index in [1.165, 1.54) is 12.1 Å². The largest absolute Gasteiger partial charge is 0.379 e. The van der Waals surface area contributed by atoms with Gasteiger partial charge in [0.25, 0.3) is 0 Å². The van der Waals surface area contributed by atoms with Crippen molar-refractivity contribution in [3.8, 4) is 0 Å². The zero-order chi connectivity index (χ0) is 18.1. The van der Waals surface area contributed by atoms with Gasteiger partial charge in [0.1, 0.15) is 5.82 Å². The molecular weight excluding hydrogens is 446 g/mol. The molecule has 1 atom stereocenters. The van der Waals surface area contributed by atoms with Crippen molar-refractivity contribution < 1.29 is 9.13 Å². The molecule has 1 aliphatic rings. The van der Waals surface area contributed by atoms with Gasteiger partial charge in [0.05, 0.1) is 13.2 Å². The van der Waals surface area contributed by atoms with Gasteiger partial charge >= 0.3 is 0 Å². The Kier molecular flexibility index (Phi) is 11.1. The second-order valence-electron chi connectivity index (χ2n) is 6.70. The van der Waals surface area contributed by atoms with E-state index in [2.05, 4.69) is 29.0 Å². The first-order chi connectivity index (χ1) is 12.1. The van der Waals surface area contributed by atoms with Crippen LogP contribution in [0, 0.1) is 11.7 Å². The van der Waals surface area contributed by atoms with Gasteiger partial charge in [0.15, 0.2) is 5.96 Å². The zero-order valence-corrected chi connectivity index (χ0v) is 18.4. The summed E-state index contributed by atoms with van der Waals surface area (Å²) < 4.78 is 18.4. The predicted molar refractivity (Wildman–Crippen MR) is 116 cm³/mol. The van der Waals surface area contributed by atoms with Crippen molar-refractivity contribution in [2.45, 2.75) is 20.4 Å². The van der Waals surface area contributed by atoms with Gasteiger partial charge in [0, 0.05) is 46.3 Å². The number of guanidine groups is 1. The number of ether oxygens (including phenoxy) is 1. The summed E-state index contributed by atoms with van der Waals surface area (Å²) in [5.74, 6) is 1.18. The highest BCUT2D eigenvalue weighted by molar-refractivity contribution is 14.0. The first-order valence-corrected chi connectivity index (χ1v) is 9.12. The summed E-state index contributed by atoms with van der Waals surface area (Å²) in [5, 5.41) is 3.34. The maximum atomic E-state index is 13.0. The van der Waals surface area contributed by atoms with E-state index in [1.807, 2.05) is 19.2 Å². The number of hydrogen-bond acceptors (Lipinski definition) is 3. The van der Waals surface area contributed by atoms with Crippen LogP contribution in [0.4, 0.5) is 4.39 Å². The lowest BCUT2D eigenvalue weighted by Gasteiger charge is -2.29. The number of aliphatic imine (C=N–C) groups is 1. The third kappa shape index (κ3) is 8.18. The normalized spacial score (nSPS) is 16.7. The molecule has 1 aromatic rings. The van der Waals surface area contributed by atoms with Crippen LogP contribution in [-0.4, -0.2) is 68.7 Å². The van der Waals surface area contributed by atoms with Gasteiger partial charge < -0.3 is 15.0 Å². The van der Waals surface area contributed by atoms with Gasteiger partial charge in [-0.2, -0.15) is 0 Å². The molecule has 0 spiro atoms. The molecule has 1 unspecified atom stereocenters. The van der Waals surface area contributed by atoms with Crippen molar-refractivity contribution in [3.63, 3.8) is 0 Å². The summed E-state index contributed by atoms with van der Waals surface area (Å²) in [5.41, 5.74) is 1.07. The Labute approximate surface area is 174 Å². The minimum atomic E-state index is -0.205. The first-order valence-electron chi connectivity index (χ1n) is 9.12. The summed E-state index contributed by atoms with van der Waals surface area (Å²) in [4.78, 5) is 9.32. The summed E-state index contributed by atoms with van der Waals surface area (Å²) in [6.45, 7) is 11.4. The lowest BCUT2D eigenvalue weighted by molar-refractivity contribution is 0.0323. The SMILES string of the molecule is CCNC(=NCC(C)CN1CCOCC1)N(C)Cc1ccc(F)cc1.I. The van der Waals surface area contributed by atoms with E-state index in [0.717, 1.165) is 57.5 Å². The predicted octanol–water partition coefficient (Wildman–Crippen LogP) is 2.81. The van der Waals surface area contributed by atoms with Crippen LogP contribution in [-0.2, 0) is 11.3 Å². The molecule has 0 saturated carbocycles. The molecule has 1 aliphatic heterocycles. The summed E-state index contributed by atoms with van der Waals surface area (Å²) in [7, 11) is 2.01. The number of benzene rings is 1. The molecule has 5 nitrogen and oxygen atoms in total. The van der Waals surface area contributed by atoms with Gasteiger partial charge in [-0.25, -0.2) is 4.39 Å². The van der Waals surface area contributed by atoms with E-state index < -0.39 is 0 Å². The molecule has 0 amide bonds. The highest BCUT2D eigenvalue weighted by atomic mass is 127. The summed E-state index contributed by atoms with van der Waals surface area (Å²) in [6.07, 6.45) is 0. The quantitative estimate of drug-likeness (QED) is 0.372. The number of morpholine rings is 1. The molecule has 1 heterocycles. The Morgan fingerprint density at radius 2 is 1.96 bits per heavy atom. The van der Waals surface area contributed by atoms with E-state index >= 15 is 0 Å². The van der Waals surface area contributed by atoms with Crippen molar-refractivity contribution in [3.05, 3.63) is 35.6 Å². The minimum Gasteiger partial charge on any atom is -0.379 e.